The van der Waals surface area contributed by atoms with Crippen LogP contribution in [0.3, 0.4) is 0 Å². The average Bonchev–Trinajstić information content (AvgIpc) is 3.99. The molecule has 322 valence electrons. The molecule has 62 heavy (non-hydrogen) atoms. The number of anilines is 2. The Kier molecular flexibility index (Phi) is 10.8. The summed E-state index contributed by atoms with van der Waals surface area (Å²) in [5, 5.41) is 13.1. The third kappa shape index (κ3) is 7.69. The van der Waals surface area contributed by atoms with E-state index in [-0.39, 0.29) is 67.0 Å². The van der Waals surface area contributed by atoms with Gasteiger partial charge in [-0.1, -0.05) is 24.3 Å². The van der Waals surface area contributed by atoms with Crippen LogP contribution in [0.2, 0.25) is 0 Å². The second kappa shape index (κ2) is 16.3. The molecule has 0 radical (unpaired) electrons. The largest absolute Gasteiger partial charge is 0.395 e. The minimum atomic E-state index is -4.38. The number of carbonyl (C=O) groups is 4. The van der Waals surface area contributed by atoms with Crippen molar-refractivity contribution >= 4 is 56.1 Å². The Bertz CT molecular complexity index is 2750. The van der Waals surface area contributed by atoms with Crippen LogP contribution in [-0.2, 0) is 32.9 Å². The van der Waals surface area contributed by atoms with E-state index in [1.54, 1.807) is 18.3 Å². The van der Waals surface area contributed by atoms with Crippen LogP contribution in [0.4, 0.5) is 24.5 Å². The summed E-state index contributed by atoms with van der Waals surface area (Å²) < 4.78 is 73.0. The number of H-pyrrole nitrogens is 1. The topological polar surface area (TPSA) is 188 Å². The van der Waals surface area contributed by atoms with Gasteiger partial charge in [0.05, 0.1) is 23.9 Å². The summed E-state index contributed by atoms with van der Waals surface area (Å²) in [6, 6.07) is 15.7. The zero-order valence-electron chi connectivity index (χ0n) is 33.1. The Morgan fingerprint density at radius 3 is 2.50 bits per heavy atom. The first-order valence-corrected chi connectivity index (χ1v) is 21.6. The van der Waals surface area contributed by atoms with Gasteiger partial charge < -0.3 is 19.9 Å². The van der Waals surface area contributed by atoms with Gasteiger partial charge in [-0.2, -0.15) is 12.7 Å². The second-order valence-corrected chi connectivity index (χ2v) is 17.6. The minimum Gasteiger partial charge on any atom is -0.395 e. The molecule has 1 unspecified atom stereocenters. The molecule has 0 spiro atoms. The van der Waals surface area contributed by atoms with Crippen LogP contribution in [0.1, 0.15) is 56.7 Å². The van der Waals surface area contributed by atoms with Gasteiger partial charge in [0.2, 0.25) is 17.6 Å². The van der Waals surface area contributed by atoms with Crippen molar-refractivity contribution in [1.29, 1.82) is 0 Å². The van der Waals surface area contributed by atoms with E-state index in [9.17, 15) is 37.1 Å². The smallest absolute Gasteiger partial charge is 0.301 e. The van der Waals surface area contributed by atoms with Crippen LogP contribution in [0.15, 0.2) is 73.1 Å². The SMILES string of the molecule is O=C1CCC(N2Cc3cc(CN4CCN(c5ccc(-c6cnc7[nH]cc(C(=O)c8c(F)ccc(NS(=O)(=O)N9CC[C@@H](F)C9)c8F)c7c6)cc5)C[C@@H]4CO)ccc3C2=O)C(=O)N1. The van der Waals surface area contributed by atoms with Gasteiger partial charge in [0.25, 0.3) is 5.91 Å². The summed E-state index contributed by atoms with van der Waals surface area (Å²) in [5.41, 5.74) is 3.20. The van der Waals surface area contributed by atoms with Crippen molar-refractivity contribution < 1.29 is 45.9 Å². The zero-order valence-corrected chi connectivity index (χ0v) is 33.9. The first-order valence-electron chi connectivity index (χ1n) is 20.2. The van der Waals surface area contributed by atoms with E-state index >= 15 is 8.78 Å². The Labute approximate surface area is 353 Å². The van der Waals surface area contributed by atoms with Crippen LogP contribution in [0, 0.1) is 11.6 Å². The molecule has 4 aliphatic rings. The van der Waals surface area contributed by atoms with Crippen molar-refractivity contribution in [2.45, 2.75) is 50.6 Å². The maximum Gasteiger partial charge on any atom is 0.301 e. The fourth-order valence-corrected chi connectivity index (χ4v) is 10.0. The monoisotopic (exact) mass is 870 g/mol. The lowest BCUT2D eigenvalue weighted by Crippen LogP contribution is -2.54. The summed E-state index contributed by atoms with van der Waals surface area (Å²) in [6.45, 7) is 2.07. The summed E-state index contributed by atoms with van der Waals surface area (Å²) >= 11 is 0. The zero-order chi connectivity index (χ0) is 43.4. The number of piperidine rings is 1. The molecule has 0 aliphatic carbocycles. The van der Waals surface area contributed by atoms with Crippen molar-refractivity contribution in [3.8, 4) is 11.1 Å². The van der Waals surface area contributed by atoms with Crippen molar-refractivity contribution in [1.82, 2.24) is 29.4 Å². The van der Waals surface area contributed by atoms with Crippen molar-refractivity contribution in [2.75, 3.05) is 49.0 Å². The molecule has 3 aromatic carbocycles. The molecule has 9 rings (SSSR count). The molecule has 4 aliphatic heterocycles. The summed E-state index contributed by atoms with van der Waals surface area (Å²) in [6.07, 6.45) is 1.98. The van der Waals surface area contributed by atoms with Gasteiger partial charge in [-0.15, -0.1) is 0 Å². The van der Waals surface area contributed by atoms with Gasteiger partial charge in [0, 0.05) is 92.4 Å². The average molecular weight is 871 g/mol. The van der Waals surface area contributed by atoms with Crippen molar-refractivity contribution in [2.24, 2.45) is 0 Å². The highest BCUT2D eigenvalue weighted by molar-refractivity contribution is 7.90. The fourth-order valence-electron chi connectivity index (χ4n) is 8.77. The highest BCUT2D eigenvalue weighted by atomic mass is 32.2. The first kappa shape index (κ1) is 41.2. The van der Waals surface area contributed by atoms with Crippen molar-refractivity contribution in [3.63, 3.8) is 0 Å². The highest BCUT2D eigenvalue weighted by Gasteiger charge is 2.39. The Hall–Kier alpha value is -6.15. The number of amides is 3. The molecule has 0 bridgehead atoms. The summed E-state index contributed by atoms with van der Waals surface area (Å²) in [4.78, 5) is 64.2. The molecule has 3 amide bonds. The molecule has 3 saturated heterocycles. The number of piperazine rings is 1. The molecule has 3 atom stereocenters. The van der Waals surface area contributed by atoms with Crippen LogP contribution < -0.4 is 14.9 Å². The Morgan fingerprint density at radius 1 is 0.952 bits per heavy atom. The maximum absolute atomic E-state index is 15.8. The maximum atomic E-state index is 15.8. The number of aromatic amines is 1. The summed E-state index contributed by atoms with van der Waals surface area (Å²) in [5.74, 6) is -4.66. The second-order valence-electron chi connectivity index (χ2n) is 16.0. The lowest BCUT2D eigenvalue weighted by Gasteiger charge is -2.42. The number of imide groups is 1. The number of pyridine rings is 1. The number of hydrogen-bond acceptors (Lipinski definition) is 10. The molecule has 19 heteroatoms. The number of carbonyl (C=O) groups excluding carboxylic acids is 4. The number of alkyl halides is 1. The number of hydrogen-bond donors (Lipinski definition) is 4. The van der Waals surface area contributed by atoms with E-state index in [0.717, 1.165) is 38.8 Å². The number of benzene rings is 3. The molecule has 15 nitrogen and oxygen atoms in total. The van der Waals surface area contributed by atoms with E-state index in [2.05, 4.69) is 25.1 Å². The number of aromatic nitrogens is 2. The van der Waals surface area contributed by atoms with Crippen LogP contribution in [-0.4, -0.2) is 119 Å². The van der Waals surface area contributed by atoms with Gasteiger partial charge in [0.1, 0.15) is 23.7 Å². The lowest BCUT2D eigenvalue weighted by atomic mass is 9.99. The van der Waals surface area contributed by atoms with Crippen molar-refractivity contribution in [3.05, 3.63) is 113 Å². The minimum absolute atomic E-state index is 0.0105. The Balaban J connectivity index is 0.868. The standard InChI is InChI=1S/C43H41F3N8O7S/c44-28-11-12-53(21-28)62(60,61)50-35-8-7-34(45)38(39(35)46)40(57)33-18-48-41-32(33)16-26(17-47-41)25-2-4-29(5-3-25)52-14-13-51(30(22-52)23-55)19-24-1-6-31-27(15-24)20-54(43(31)59)36-9-10-37(56)49-42(36)58/h1-8,15-18,28,30,36,50,55H,9-14,19-23H2,(H,47,48)(H,49,56,58)/t28-,30-,36?/m1/s1. The molecule has 5 aromatic rings. The predicted molar refractivity (Wildman–Crippen MR) is 221 cm³/mol. The number of nitrogens with one attached hydrogen (secondary N) is 3. The normalized spacial score (nSPS) is 21.2. The lowest BCUT2D eigenvalue weighted by molar-refractivity contribution is -0.136. The van der Waals surface area contributed by atoms with E-state index < -0.39 is 63.5 Å². The number of nitrogens with zero attached hydrogens (tertiary/aromatic N) is 5. The number of rotatable bonds is 11. The molecule has 4 N–H and O–H groups in total. The fraction of sp³-hybridized carbons (Fsp3) is 0.326. The summed E-state index contributed by atoms with van der Waals surface area (Å²) in [7, 11) is -4.38. The van der Waals surface area contributed by atoms with E-state index in [4.69, 9.17) is 0 Å². The number of aliphatic hydroxyl groups is 1. The van der Waals surface area contributed by atoms with E-state index in [1.165, 1.54) is 11.1 Å². The number of halogens is 3. The Morgan fingerprint density at radius 2 is 1.76 bits per heavy atom. The third-order valence-electron chi connectivity index (χ3n) is 12.1. The number of fused-ring (bicyclic) bond motifs is 2. The molecule has 2 aromatic heterocycles. The van der Waals surface area contributed by atoms with Crippen LogP contribution in [0.5, 0.6) is 0 Å². The number of aliphatic hydroxyl groups excluding tert-OH is 1. The van der Waals surface area contributed by atoms with Crippen LogP contribution >= 0.6 is 0 Å². The predicted octanol–water partition coefficient (Wildman–Crippen LogP) is 3.88. The van der Waals surface area contributed by atoms with E-state index in [1.807, 2.05) is 41.1 Å². The van der Waals surface area contributed by atoms with E-state index in [0.29, 0.717) is 43.7 Å². The van der Waals surface area contributed by atoms with Crippen LogP contribution in [0.25, 0.3) is 22.2 Å². The molecule has 6 heterocycles. The quantitative estimate of drug-likeness (QED) is 0.112. The highest BCUT2D eigenvalue weighted by Crippen LogP contribution is 2.33. The third-order valence-corrected chi connectivity index (χ3v) is 13.6. The van der Waals surface area contributed by atoms with Gasteiger partial charge in [-0.05, 0) is 65.9 Å². The molecule has 0 saturated carbocycles. The van der Waals surface area contributed by atoms with Gasteiger partial charge in [0.15, 0.2) is 5.82 Å². The number of ketones is 1. The van der Waals surface area contributed by atoms with Gasteiger partial charge in [-0.25, -0.2) is 18.2 Å². The molecule has 3 fully saturated rings. The van der Waals surface area contributed by atoms with Gasteiger partial charge in [-0.3, -0.25) is 34.1 Å². The molecular formula is C43H41F3N8O7S. The molecular weight excluding hydrogens is 830 g/mol. The first-order chi connectivity index (χ1) is 29.8. The van der Waals surface area contributed by atoms with Gasteiger partial charge >= 0.3 is 10.2 Å².